The van der Waals surface area contributed by atoms with Gasteiger partial charge in [-0.25, -0.2) is 0 Å². The van der Waals surface area contributed by atoms with E-state index in [-0.39, 0.29) is 10.3 Å². The van der Waals surface area contributed by atoms with E-state index >= 15 is 0 Å². The van der Waals surface area contributed by atoms with Gasteiger partial charge in [-0.1, -0.05) is 0 Å². The van der Waals surface area contributed by atoms with Crippen molar-refractivity contribution in [3.05, 3.63) is 26.9 Å². The van der Waals surface area contributed by atoms with Crippen molar-refractivity contribution in [2.24, 2.45) is 0 Å². The van der Waals surface area contributed by atoms with E-state index in [0.717, 1.165) is 0 Å². The molecular weight excluding hydrogens is 260 g/mol. The molecule has 1 aliphatic heterocycles. The molecule has 1 saturated heterocycles. The molecule has 0 spiro atoms. The maximum Gasteiger partial charge on any atom is 0.254 e. The topological polar surface area (TPSA) is 108 Å². The van der Waals surface area contributed by atoms with Crippen molar-refractivity contribution >= 4 is 12.2 Å². The van der Waals surface area contributed by atoms with Crippen molar-refractivity contribution in [2.75, 3.05) is 6.61 Å². The number of rotatable bonds is 2. The Morgan fingerprint density at radius 3 is 2.72 bits per heavy atom. The summed E-state index contributed by atoms with van der Waals surface area (Å²) >= 11 is 4.97. The maximum atomic E-state index is 11.3. The number of aryl methyl sites for hydroxylation is 1. The van der Waals surface area contributed by atoms with Gasteiger partial charge in [0, 0.05) is 11.8 Å². The van der Waals surface area contributed by atoms with Crippen LogP contribution in [0.15, 0.2) is 11.0 Å². The Hall–Kier alpha value is -1.06. The molecule has 1 aliphatic rings. The van der Waals surface area contributed by atoms with Crippen LogP contribution in [0.4, 0.5) is 0 Å². The summed E-state index contributed by atoms with van der Waals surface area (Å²) in [6.07, 6.45) is -2.78. The lowest BCUT2D eigenvalue weighted by molar-refractivity contribution is -0.0542. The summed E-state index contributed by atoms with van der Waals surface area (Å²) in [5.41, 5.74) is 0.0873. The highest BCUT2D eigenvalue weighted by Gasteiger charge is 2.43. The molecule has 1 aromatic rings. The van der Waals surface area contributed by atoms with Gasteiger partial charge in [0.25, 0.3) is 5.56 Å². The fourth-order valence-corrected chi connectivity index (χ4v) is 2.13. The van der Waals surface area contributed by atoms with Crippen LogP contribution in [0, 0.1) is 11.7 Å². The number of H-pyrrole nitrogens is 1. The summed E-state index contributed by atoms with van der Waals surface area (Å²) in [5, 5.41) is 28.5. The number of nitrogens with zero attached hydrogens (tertiary/aromatic N) is 1. The highest BCUT2D eigenvalue weighted by Crippen LogP contribution is 2.29. The molecule has 4 atom stereocenters. The highest BCUT2D eigenvalue weighted by molar-refractivity contribution is 7.71. The van der Waals surface area contributed by atoms with E-state index in [0.29, 0.717) is 5.56 Å². The lowest BCUT2D eigenvalue weighted by Gasteiger charge is -2.18. The molecule has 100 valence electrons. The van der Waals surface area contributed by atoms with Gasteiger partial charge in [-0.3, -0.25) is 14.3 Å². The number of hydrogen-bond donors (Lipinski definition) is 4. The van der Waals surface area contributed by atoms with Crippen molar-refractivity contribution < 1.29 is 20.1 Å². The fourth-order valence-electron chi connectivity index (χ4n) is 1.88. The van der Waals surface area contributed by atoms with Gasteiger partial charge in [-0.05, 0) is 19.1 Å². The smallest absolute Gasteiger partial charge is 0.254 e. The largest absolute Gasteiger partial charge is 0.394 e. The molecule has 8 heteroatoms. The van der Waals surface area contributed by atoms with Crippen molar-refractivity contribution in [2.45, 2.75) is 31.5 Å². The Morgan fingerprint density at radius 2 is 2.17 bits per heavy atom. The Kier molecular flexibility index (Phi) is 3.64. The van der Waals surface area contributed by atoms with E-state index in [1.165, 1.54) is 10.8 Å². The van der Waals surface area contributed by atoms with E-state index in [9.17, 15) is 15.0 Å². The van der Waals surface area contributed by atoms with E-state index < -0.39 is 31.1 Å². The van der Waals surface area contributed by atoms with E-state index in [2.05, 4.69) is 4.98 Å². The molecule has 1 aromatic heterocycles. The monoisotopic (exact) mass is 274 g/mol. The van der Waals surface area contributed by atoms with Crippen LogP contribution in [0.5, 0.6) is 0 Å². The van der Waals surface area contributed by atoms with E-state index in [4.69, 9.17) is 22.1 Å². The summed E-state index contributed by atoms with van der Waals surface area (Å²) in [4.78, 5) is 13.8. The Balaban J connectivity index is 2.42. The van der Waals surface area contributed by atoms with E-state index in [1.807, 2.05) is 0 Å². The van der Waals surface area contributed by atoms with Gasteiger partial charge in [0.15, 0.2) is 11.0 Å². The molecule has 0 aliphatic carbocycles. The summed E-state index contributed by atoms with van der Waals surface area (Å²) in [6, 6.07) is 0. The number of aliphatic hydroxyl groups excluding tert-OH is 3. The lowest BCUT2D eigenvalue weighted by Crippen LogP contribution is -2.33. The minimum Gasteiger partial charge on any atom is -0.394 e. The van der Waals surface area contributed by atoms with Gasteiger partial charge < -0.3 is 20.1 Å². The first kappa shape index (κ1) is 13.4. The first-order valence-electron chi connectivity index (χ1n) is 5.40. The maximum absolute atomic E-state index is 11.3. The predicted octanol–water partition coefficient (Wildman–Crippen LogP) is -1.17. The number of aromatic amines is 1. The van der Waals surface area contributed by atoms with Crippen LogP contribution in [0.2, 0.25) is 0 Å². The average molecular weight is 274 g/mol. The lowest BCUT2D eigenvalue weighted by atomic mass is 10.1. The highest BCUT2D eigenvalue weighted by atomic mass is 32.1. The van der Waals surface area contributed by atoms with Crippen molar-refractivity contribution in [3.63, 3.8) is 0 Å². The standard InChI is InChI=1S/C10H14N2O5S/c1-4-2-12(10(18)11-8(4)16)9-7(15)6(14)5(3-13)17-9/h2,5-7,9,13-15H,3H2,1H3,(H,11,16,18)/t5-,6?,7?,9-/m1/s1. The van der Waals surface area contributed by atoms with Crippen molar-refractivity contribution in [1.82, 2.24) is 9.55 Å². The fraction of sp³-hybridized carbons (Fsp3) is 0.600. The van der Waals surface area contributed by atoms with Crippen LogP contribution in [-0.4, -0.2) is 49.8 Å². The Morgan fingerprint density at radius 1 is 1.50 bits per heavy atom. The first-order chi connectivity index (χ1) is 8.45. The van der Waals surface area contributed by atoms with Gasteiger partial charge in [0.1, 0.15) is 18.3 Å². The number of hydrogen-bond acceptors (Lipinski definition) is 6. The second-order valence-corrected chi connectivity index (χ2v) is 4.59. The molecule has 2 rings (SSSR count). The minimum absolute atomic E-state index is 0.0837. The summed E-state index contributed by atoms with van der Waals surface area (Å²) in [6.45, 7) is 1.18. The normalized spacial score (nSPS) is 31.8. The number of ether oxygens (including phenoxy) is 1. The van der Waals surface area contributed by atoms with E-state index in [1.54, 1.807) is 6.92 Å². The van der Waals surface area contributed by atoms with Crippen LogP contribution in [-0.2, 0) is 4.74 Å². The van der Waals surface area contributed by atoms with Crippen LogP contribution in [0.1, 0.15) is 11.8 Å². The Bertz CT molecular complexity index is 554. The molecular formula is C10H14N2O5S. The molecule has 0 saturated carbocycles. The molecule has 0 amide bonds. The molecule has 7 nitrogen and oxygen atoms in total. The van der Waals surface area contributed by atoms with Crippen molar-refractivity contribution in [1.29, 1.82) is 0 Å². The minimum atomic E-state index is -1.22. The third-order valence-electron chi connectivity index (χ3n) is 2.94. The van der Waals surface area contributed by atoms with Gasteiger partial charge in [0.05, 0.1) is 6.61 Å². The van der Waals surface area contributed by atoms with Crippen LogP contribution in [0.3, 0.4) is 0 Å². The first-order valence-corrected chi connectivity index (χ1v) is 5.81. The summed E-state index contributed by atoms with van der Waals surface area (Å²) in [5.74, 6) is 0. The quantitative estimate of drug-likeness (QED) is 0.506. The van der Waals surface area contributed by atoms with Gasteiger partial charge in [-0.2, -0.15) is 0 Å². The van der Waals surface area contributed by atoms with Crippen LogP contribution >= 0.6 is 12.2 Å². The third kappa shape index (κ3) is 2.13. The predicted molar refractivity (Wildman–Crippen MR) is 63.6 cm³/mol. The zero-order valence-corrected chi connectivity index (χ0v) is 10.4. The molecule has 2 unspecified atom stereocenters. The molecule has 0 bridgehead atoms. The molecule has 18 heavy (non-hydrogen) atoms. The second-order valence-electron chi connectivity index (χ2n) is 4.21. The van der Waals surface area contributed by atoms with Gasteiger partial charge in [-0.15, -0.1) is 0 Å². The van der Waals surface area contributed by atoms with Gasteiger partial charge >= 0.3 is 0 Å². The molecule has 4 N–H and O–H groups in total. The zero-order valence-electron chi connectivity index (χ0n) is 9.61. The molecule has 2 heterocycles. The molecule has 1 fully saturated rings. The second kappa shape index (κ2) is 4.90. The average Bonchev–Trinajstić information content (AvgIpc) is 2.61. The number of nitrogens with one attached hydrogen (secondary N) is 1. The Labute approximate surface area is 107 Å². The third-order valence-corrected chi connectivity index (χ3v) is 3.25. The summed E-state index contributed by atoms with van der Waals surface area (Å²) < 4.78 is 6.76. The SMILES string of the molecule is Cc1cn([C@@H]2O[C@H](CO)C(O)C2O)c(=S)[nH]c1=O. The number of aromatic nitrogens is 2. The molecule has 0 radical (unpaired) electrons. The van der Waals surface area contributed by atoms with Crippen molar-refractivity contribution in [3.8, 4) is 0 Å². The molecule has 0 aromatic carbocycles. The van der Waals surface area contributed by atoms with Crippen LogP contribution in [0.25, 0.3) is 0 Å². The summed E-state index contributed by atoms with van der Waals surface area (Å²) in [7, 11) is 0. The van der Waals surface area contributed by atoms with Crippen LogP contribution < -0.4 is 5.56 Å². The zero-order chi connectivity index (χ0) is 13.4. The number of aliphatic hydroxyl groups is 3. The van der Waals surface area contributed by atoms with Gasteiger partial charge in [0.2, 0.25) is 0 Å².